The number of nitrogens with zero attached hydrogens (tertiary/aromatic N) is 1. The van der Waals surface area contributed by atoms with Gasteiger partial charge in [-0.2, -0.15) is 0 Å². The lowest BCUT2D eigenvalue weighted by Crippen LogP contribution is -2.36. The molecule has 0 aliphatic rings. The number of benzene rings is 3. The zero-order chi connectivity index (χ0) is 28.1. The van der Waals surface area contributed by atoms with Gasteiger partial charge in [0.1, 0.15) is 11.5 Å². The Morgan fingerprint density at radius 1 is 0.895 bits per heavy atom. The largest absolute Gasteiger partial charge is 0.573 e. The monoisotopic (exact) mass is 529 g/mol. The van der Waals surface area contributed by atoms with Gasteiger partial charge in [0.15, 0.2) is 0 Å². The van der Waals surface area contributed by atoms with Gasteiger partial charge in [0.05, 0.1) is 18.8 Å². The smallest absolute Gasteiger partial charge is 0.491 e. The third-order valence-corrected chi connectivity index (χ3v) is 5.72. The minimum absolute atomic E-state index is 0.0279. The lowest BCUT2D eigenvalue weighted by molar-refractivity contribution is -0.274. The number of anilines is 1. The maximum atomic E-state index is 12.9. The highest BCUT2D eigenvalue weighted by Gasteiger charge is 2.31. The van der Waals surface area contributed by atoms with Crippen LogP contribution in [-0.2, 0) is 21.5 Å². The topological polar surface area (TPSA) is 76.1 Å². The molecule has 3 rings (SSSR count). The predicted octanol–water partition coefficient (Wildman–Crippen LogP) is 6.96. The van der Waals surface area contributed by atoms with E-state index in [-0.39, 0.29) is 23.4 Å². The third kappa shape index (κ3) is 7.50. The lowest BCUT2D eigenvalue weighted by atomic mass is 9.87. The van der Waals surface area contributed by atoms with Crippen LogP contribution in [0.4, 0.5) is 18.9 Å². The van der Waals surface area contributed by atoms with Crippen molar-refractivity contribution in [2.45, 2.75) is 52.4 Å². The van der Waals surface area contributed by atoms with Gasteiger partial charge >= 0.3 is 18.2 Å². The van der Waals surface area contributed by atoms with Gasteiger partial charge in [0.25, 0.3) is 0 Å². The number of aliphatic carboxylic acids is 1. The van der Waals surface area contributed by atoms with Crippen LogP contribution < -0.4 is 14.4 Å². The van der Waals surface area contributed by atoms with Crippen molar-refractivity contribution in [3.8, 4) is 22.6 Å². The minimum atomic E-state index is -4.81. The van der Waals surface area contributed by atoms with Crippen LogP contribution in [0.2, 0.25) is 0 Å². The Labute approximate surface area is 219 Å². The summed E-state index contributed by atoms with van der Waals surface area (Å²) in [4.78, 5) is 25.8. The molecule has 0 aliphatic heterocycles. The molecule has 0 saturated heterocycles. The number of rotatable bonds is 8. The molecule has 9 heteroatoms. The van der Waals surface area contributed by atoms with E-state index < -0.39 is 18.2 Å². The summed E-state index contributed by atoms with van der Waals surface area (Å²) in [6.45, 7) is 8.45. The standard InChI is InChI=1S/C29H30F3NO5/c1-5-16-37-25-15-10-21(20-8-13-23(14-9-20)38-29(30,31)32)17-24(25)33(26(34)27(35)36)18-19-6-11-22(12-7-19)28(2,3)4/h6-15,17H,5,16,18H2,1-4H3,(H,35,36). The summed E-state index contributed by atoms with van der Waals surface area (Å²) in [5.41, 5.74) is 3.05. The number of hydrogen-bond donors (Lipinski definition) is 1. The molecule has 0 aromatic heterocycles. The van der Waals surface area contributed by atoms with E-state index in [2.05, 4.69) is 25.5 Å². The zero-order valence-electron chi connectivity index (χ0n) is 21.6. The predicted molar refractivity (Wildman–Crippen MR) is 138 cm³/mol. The molecule has 0 spiro atoms. The fraction of sp³-hybridized carbons (Fsp3) is 0.310. The summed E-state index contributed by atoms with van der Waals surface area (Å²) in [5.74, 6) is -2.83. The first-order valence-corrected chi connectivity index (χ1v) is 12.1. The second-order valence-electron chi connectivity index (χ2n) is 9.75. The fourth-order valence-electron chi connectivity index (χ4n) is 3.77. The van der Waals surface area contributed by atoms with Gasteiger partial charge in [0, 0.05) is 0 Å². The van der Waals surface area contributed by atoms with Gasteiger partial charge in [-0.15, -0.1) is 13.2 Å². The molecule has 202 valence electrons. The van der Waals surface area contributed by atoms with Gasteiger partial charge in [-0.05, 0) is 58.4 Å². The van der Waals surface area contributed by atoms with Crippen molar-refractivity contribution in [1.82, 2.24) is 0 Å². The number of carboxylic acids is 1. The number of hydrogen-bond acceptors (Lipinski definition) is 4. The summed E-state index contributed by atoms with van der Waals surface area (Å²) >= 11 is 0. The van der Waals surface area contributed by atoms with Crippen molar-refractivity contribution in [3.05, 3.63) is 77.9 Å². The van der Waals surface area contributed by atoms with E-state index in [1.54, 1.807) is 18.2 Å². The highest BCUT2D eigenvalue weighted by molar-refractivity contribution is 6.37. The molecule has 38 heavy (non-hydrogen) atoms. The van der Waals surface area contributed by atoms with Crippen LogP contribution in [0.25, 0.3) is 11.1 Å². The van der Waals surface area contributed by atoms with Crippen molar-refractivity contribution in [3.63, 3.8) is 0 Å². The maximum Gasteiger partial charge on any atom is 0.573 e. The van der Waals surface area contributed by atoms with Crippen molar-refractivity contribution >= 4 is 17.6 Å². The average Bonchev–Trinajstić information content (AvgIpc) is 2.85. The first-order valence-electron chi connectivity index (χ1n) is 12.1. The number of carboxylic acid groups (broad SMARTS) is 1. The molecule has 1 N–H and O–H groups in total. The molecule has 1 amide bonds. The van der Waals surface area contributed by atoms with Crippen LogP contribution in [0.1, 0.15) is 45.2 Å². The number of amides is 1. The summed E-state index contributed by atoms with van der Waals surface area (Å²) in [6.07, 6.45) is -4.13. The lowest BCUT2D eigenvalue weighted by Gasteiger charge is -2.25. The van der Waals surface area contributed by atoms with Crippen LogP contribution in [0.3, 0.4) is 0 Å². The molecule has 3 aromatic carbocycles. The van der Waals surface area contributed by atoms with E-state index in [1.165, 1.54) is 24.3 Å². The quantitative estimate of drug-likeness (QED) is 0.320. The zero-order valence-corrected chi connectivity index (χ0v) is 21.6. The summed E-state index contributed by atoms with van der Waals surface area (Å²) in [5, 5.41) is 9.58. The van der Waals surface area contributed by atoms with E-state index in [0.29, 0.717) is 35.5 Å². The maximum absolute atomic E-state index is 12.9. The molecule has 0 radical (unpaired) electrons. The fourth-order valence-corrected chi connectivity index (χ4v) is 3.77. The number of carbonyl (C=O) groups is 2. The van der Waals surface area contributed by atoms with Gasteiger partial charge in [0.2, 0.25) is 0 Å². The molecular weight excluding hydrogens is 499 g/mol. The Balaban J connectivity index is 2.04. The number of carbonyl (C=O) groups excluding carboxylic acids is 1. The van der Waals surface area contributed by atoms with Crippen LogP contribution in [-0.4, -0.2) is 30.0 Å². The minimum Gasteiger partial charge on any atom is -0.491 e. The summed E-state index contributed by atoms with van der Waals surface area (Å²) in [6, 6.07) is 17.7. The Bertz CT molecular complexity index is 1260. The number of ether oxygens (including phenoxy) is 2. The van der Waals surface area contributed by atoms with Crippen LogP contribution in [0.15, 0.2) is 66.7 Å². The average molecular weight is 530 g/mol. The second-order valence-corrected chi connectivity index (χ2v) is 9.75. The van der Waals surface area contributed by atoms with Crippen LogP contribution >= 0.6 is 0 Å². The highest BCUT2D eigenvalue weighted by Crippen LogP contribution is 2.36. The van der Waals surface area contributed by atoms with E-state index >= 15 is 0 Å². The number of halogens is 3. The van der Waals surface area contributed by atoms with E-state index in [1.807, 2.05) is 31.2 Å². The Morgan fingerprint density at radius 2 is 1.50 bits per heavy atom. The highest BCUT2D eigenvalue weighted by atomic mass is 19.4. The van der Waals surface area contributed by atoms with E-state index in [0.717, 1.165) is 10.5 Å². The second kappa shape index (κ2) is 11.6. The van der Waals surface area contributed by atoms with Crippen molar-refractivity contribution in [2.24, 2.45) is 0 Å². The SMILES string of the molecule is CCCOc1ccc(-c2ccc(OC(F)(F)F)cc2)cc1N(Cc1ccc(C(C)(C)C)cc1)C(=O)C(=O)O. The van der Waals surface area contributed by atoms with Gasteiger partial charge in [-0.1, -0.05) is 70.2 Å². The molecule has 0 bridgehead atoms. The third-order valence-electron chi connectivity index (χ3n) is 5.72. The molecule has 0 saturated carbocycles. The van der Waals surface area contributed by atoms with Crippen LogP contribution in [0.5, 0.6) is 11.5 Å². The molecule has 0 unspecified atom stereocenters. The summed E-state index contributed by atoms with van der Waals surface area (Å²) < 4.78 is 47.4. The van der Waals surface area contributed by atoms with Crippen molar-refractivity contribution in [2.75, 3.05) is 11.5 Å². The normalized spacial score (nSPS) is 11.7. The van der Waals surface area contributed by atoms with Gasteiger partial charge in [-0.25, -0.2) is 4.79 Å². The van der Waals surface area contributed by atoms with E-state index in [9.17, 15) is 27.9 Å². The Kier molecular flexibility index (Phi) is 8.70. The molecule has 6 nitrogen and oxygen atoms in total. The molecule has 0 fully saturated rings. The first-order chi connectivity index (χ1) is 17.8. The molecule has 0 heterocycles. The summed E-state index contributed by atoms with van der Waals surface area (Å²) in [7, 11) is 0. The Morgan fingerprint density at radius 3 is 2.03 bits per heavy atom. The molecule has 0 atom stereocenters. The van der Waals surface area contributed by atoms with Crippen molar-refractivity contribution in [1.29, 1.82) is 0 Å². The van der Waals surface area contributed by atoms with Crippen molar-refractivity contribution < 1.29 is 37.3 Å². The van der Waals surface area contributed by atoms with Gasteiger partial charge in [-0.3, -0.25) is 9.69 Å². The number of alkyl halides is 3. The first kappa shape index (κ1) is 28.6. The van der Waals surface area contributed by atoms with Crippen LogP contribution in [0, 0.1) is 0 Å². The molecule has 3 aromatic rings. The molecule has 0 aliphatic carbocycles. The Hall–Kier alpha value is -4.01. The van der Waals surface area contributed by atoms with E-state index in [4.69, 9.17) is 4.74 Å². The van der Waals surface area contributed by atoms with Gasteiger partial charge < -0.3 is 14.6 Å². The molecular formula is C29H30F3NO5.